The van der Waals surface area contributed by atoms with Gasteiger partial charge in [0.15, 0.2) is 0 Å². The maximum atomic E-state index is 12.3. The lowest BCUT2D eigenvalue weighted by Crippen LogP contribution is -2.28. The highest BCUT2D eigenvalue weighted by atomic mass is 16.6. The minimum absolute atomic E-state index is 0.463. The van der Waals surface area contributed by atoms with Crippen LogP contribution in [0.5, 0.6) is 0 Å². The summed E-state index contributed by atoms with van der Waals surface area (Å²) in [6, 6.07) is 23.4. The molecule has 3 aromatic rings. The SMILES string of the molecule is CC(C)(OC(=O)Nc1cccc2ccccc12)c1ccccc1. The van der Waals surface area contributed by atoms with Crippen molar-refractivity contribution >= 4 is 22.6 Å². The number of hydrogen-bond donors (Lipinski definition) is 1. The highest BCUT2D eigenvalue weighted by Gasteiger charge is 2.25. The van der Waals surface area contributed by atoms with Crippen molar-refractivity contribution in [1.29, 1.82) is 0 Å². The first-order chi connectivity index (χ1) is 11.1. The van der Waals surface area contributed by atoms with Crippen LogP contribution in [-0.2, 0) is 10.3 Å². The molecule has 0 unspecified atom stereocenters. The summed E-state index contributed by atoms with van der Waals surface area (Å²) in [6.45, 7) is 3.76. The van der Waals surface area contributed by atoms with Crippen LogP contribution in [0.15, 0.2) is 72.8 Å². The lowest BCUT2D eigenvalue weighted by molar-refractivity contribution is 0.0467. The van der Waals surface area contributed by atoms with Gasteiger partial charge in [0, 0.05) is 5.39 Å². The van der Waals surface area contributed by atoms with E-state index in [4.69, 9.17) is 4.74 Å². The zero-order valence-electron chi connectivity index (χ0n) is 13.2. The van der Waals surface area contributed by atoms with Gasteiger partial charge in [0.05, 0.1) is 5.69 Å². The summed E-state index contributed by atoms with van der Waals surface area (Å²) in [5.74, 6) is 0. The highest BCUT2D eigenvalue weighted by molar-refractivity contribution is 6.00. The van der Waals surface area contributed by atoms with Crippen molar-refractivity contribution < 1.29 is 9.53 Å². The van der Waals surface area contributed by atoms with Crippen LogP contribution >= 0.6 is 0 Å². The van der Waals surface area contributed by atoms with Crippen molar-refractivity contribution in [3.05, 3.63) is 78.4 Å². The lowest BCUT2D eigenvalue weighted by Gasteiger charge is -2.25. The largest absolute Gasteiger partial charge is 0.438 e. The first-order valence-corrected chi connectivity index (χ1v) is 7.59. The normalized spacial score (nSPS) is 11.2. The molecule has 0 aliphatic rings. The number of rotatable bonds is 3. The third kappa shape index (κ3) is 3.34. The summed E-state index contributed by atoms with van der Waals surface area (Å²) in [7, 11) is 0. The van der Waals surface area contributed by atoms with Gasteiger partial charge in [0.2, 0.25) is 0 Å². The fourth-order valence-corrected chi connectivity index (χ4v) is 2.60. The smallest absolute Gasteiger partial charge is 0.412 e. The summed E-state index contributed by atoms with van der Waals surface area (Å²) >= 11 is 0. The maximum Gasteiger partial charge on any atom is 0.412 e. The summed E-state index contributed by atoms with van der Waals surface area (Å²) in [5.41, 5.74) is 1.00. The van der Waals surface area contributed by atoms with Gasteiger partial charge in [-0.2, -0.15) is 0 Å². The van der Waals surface area contributed by atoms with E-state index in [-0.39, 0.29) is 0 Å². The van der Waals surface area contributed by atoms with Gasteiger partial charge in [0.25, 0.3) is 0 Å². The quantitative estimate of drug-likeness (QED) is 0.711. The number of fused-ring (bicyclic) bond motifs is 1. The molecule has 23 heavy (non-hydrogen) atoms. The van der Waals surface area contributed by atoms with E-state index in [1.165, 1.54) is 0 Å². The molecule has 0 atom stereocenters. The van der Waals surface area contributed by atoms with Crippen LogP contribution in [0.1, 0.15) is 19.4 Å². The number of benzene rings is 3. The molecule has 0 aliphatic carbocycles. The molecular weight excluding hydrogens is 286 g/mol. The van der Waals surface area contributed by atoms with E-state index in [0.29, 0.717) is 0 Å². The predicted octanol–water partition coefficient (Wildman–Crippen LogP) is 5.32. The number of carbonyl (C=O) groups is 1. The van der Waals surface area contributed by atoms with Crippen LogP contribution < -0.4 is 5.32 Å². The summed E-state index contributed by atoms with van der Waals surface area (Å²) in [5, 5.41) is 4.92. The van der Waals surface area contributed by atoms with Gasteiger partial charge < -0.3 is 4.74 Å². The molecule has 3 rings (SSSR count). The molecule has 116 valence electrons. The second kappa shape index (κ2) is 6.13. The molecule has 1 N–H and O–H groups in total. The van der Waals surface area contributed by atoms with Crippen LogP contribution in [0.4, 0.5) is 10.5 Å². The van der Waals surface area contributed by atoms with Gasteiger partial charge >= 0.3 is 6.09 Å². The van der Waals surface area contributed by atoms with Gasteiger partial charge in [-0.05, 0) is 30.9 Å². The molecule has 0 bridgehead atoms. The van der Waals surface area contributed by atoms with Crippen molar-refractivity contribution in [2.45, 2.75) is 19.4 Å². The van der Waals surface area contributed by atoms with Crippen LogP contribution in [0.2, 0.25) is 0 Å². The Morgan fingerprint density at radius 3 is 2.30 bits per heavy atom. The highest BCUT2D eigenvalue weighted by Crippen LogP contribution is 2.27. The molecule has 3 nitrogen and oxygen atoms in total. The van der Waals surface area contributed by atoms with Gasteiger partial charge in [-0.3, -0.25) is 5.32 Å². The van der Waals surface area contributed by atoms with E-state index in [1.54, 1.807) is 0 Å². The monoisotopic (exact) mass is 305 g/mol. The van der Waals surface area contributed by atoms with Gasteiger partial charge in [0.1, 0.15) is 5.60 Å². The van der Waals surface area contributed by atoms with Crippen molar-refractivity contribution in [2.75, 3.05) is 5.32 Å². The predicted molar refractivity (Wildman–Crippen MR) is 93.5 cm³/mol. The van der Waals surface area contributed by atoms with Crippen molar-refractivity contribution in [1.82, 2.24) is 0 Å². The van der Waals surface area contributed by atoms with Crippen LogP contribution in [0.3, 0.4) is 0 Å². The Bertz CT molecular complexity index is 820. The van der Waals surface area contributed by atoms with E-state index in [2.05, 4.69) is 5.32 Å². The third-order valence-corrected chi connectivity index (χ3v) is 3.84. The molecule has 0 spiro atoms. The number of nitrogens with one attached hydrogen (secondary N) is 1. The van der Waals surface area contributed by atoms with Crippen molar-refractivity contribution in [3.63, 3.8) is 0 Å². The number of hydrogen-bond acceptors (Lipinski definition) is 2. The topological polar surface area (TPSA) is 38.3 Å². The maximum absolute atomic E-state index is 12.3. The lowest BCUT2D eigenvalue weighted by atomic mass is 9.98. The second-order valence-electron chi connectivity index (χ2n) is 5.92. The van der Waals surface area contributed by atoms with Gasteiger partial charge in [-0.15, -0.1) is 0 Å². The molecular formula is C20H19NO2. The Balaban J connectivity index is 1.79. The molecule has 0 saturated heterocycles. The molecule has 0 radical (unpaired) electrons. The standard InChI is InChI=1S/C20H19NO2/c1-20(2,16-11-4-3-5-12-16)23-19(22)21-18-14-8-10-15-9-6-7-13-17(15)18/h3-14H,1-2H3,(H,21,22). The first kappa shape index (κ1) is 15.1. The summed E-state index contributed by atoms with van der Waals surface area (Å²) in [6.07, 6.45) is -0.463. The molecule has 1 amide bonds. The molecule has 3 heteroatoms. The number of ether oxygens (including phenoxy) is 1. The van der Waals surface area contributed by atoms with Crippen molar-refractivity contribution in [3.8, 4) is 0 Å². The Morgan fingerprint density at radius 1 is 0.870 bits per heavy atom. The van der Waals surface area contributed by atoms with E-state index in [9.17, 15) is 4.79 Å². The molecule has 0 aliphatic heterocycles. The second-order valence-corrected chi connectivity index (χ2v) is 5.92. The van der Waals surface area contributed by atoms with E-state index < -0.39 is 11.7 Å². The van der Waals surface area contributed by atoms with Crippen LogP contribution in [0.25, 0.3) is 10.8 Å². The first-order valence-electron chi connectivity index (χ1n) is 7.59. The zero-order valence-corrected chi connectivity index (χ0v) is 13.2. The fraction of sp³-hybridized carbons (Fsp3) is 0.150. The van der Waals surface area contributed by atoms with Gasteiger partial charge in [-0.25, -0.2) is 4.79 Å². The number of anilines is 1. The fourth-order valence-electron chi connectivity index (χ4n) is 2.60. The Hall–Kier alpha value is -2.81. The van der Waals surface area contributed by atoms with Gasteiger partial charge in [-0.1, -0.05) is 66.7 Å². The number of carbonyl (C=O) groups excluding carboxylic acids is 1. The van der Waals surface area contributed by atoms with E-state index in [0.717, 1.165) is 22.0 Å². The Morgan fingerprint density at radius 2 is 1.52 bits per heavy atom. The van der Waals surface area contributed by atoms with Crippen LogP contribution in [-0.4, -0.2) is 6.09 Å². The molecule has 0 aromatic heterocycles. The Kier molecular flexibility index (Phi) is 4.02. The summed E-state index contributed by atoms with van der Waals surface area (Å²) < 4.78 is 5.63. The minimum Gasteiger partial charge on any atom is -0.438 e. The molecule has 0 fully saturated rings. The Labute approximate surface area is 135 Å². The van der Waals surface area contributed by atoms with Crippen LogP contribution in [0, 0.1) is 0 Å². The molecule has 0 heterocycles. The zero-order chi connectivity index (χ0) is 16.3. The molecule has 3 aromatic carbocycles. The average molecular weight is 305 g/mol. The summed E-state index contributed by atoms with van der Waals surface area (Å²) in [4.78, 5) is 12.3. The minimum atomic E-state index is -0.698. The third-order valence-electron chi connectivity index (χ3n) is 3.84. The van der Waals surface area contributed by atoms with E-state index in [1.807, 2.05) is 86.6 Å². The molecule has 0 saturated carbocycles. The van der Waals surface area contributed by atoms with E-state index >= 15 is 0 Å². The average Bonchev–Trinajstić information content (AvgIpc) is 2.55. The van der Waals surface area contributed by atoms with Crippen molar-refractivity contribution in [2.24, 2.45) is 0 Å². The number of amides is 1.